The summed E-state index contributed by atoms with van der Waals surface area (Å²) < 4.78 is 6.19. The number of piperidine rings is 1. The van der Waals surface area contributed by atoms with Crippen molar-refractivity contribution in [2.45, 2.75) is 64.7 Å². The van der Waals surface area contributed by atoms with E-state index in [1.54, 1.807) is 0 Å². The molecular formula is C25H36Cl2N2O. The van der Waals surface area contributed by atoms with Gasteiger partial charge in [0, 0.05) is 23.7 Å². The Labute approximate surface area is 194 Å². The Bertz CT molecular complexity index is 842. The number of nitrogens with zero attached hydrogens (tertiary/aromatic N) is 1. The topological polar surface area (TPSA) is 38.5 Å². The molecule has 1 heterocycles. The third-order valence-electron chi connectivity index (χ3n) is 7.67. The molecule has 0 radical (unpaired) electrons. The number of hydrogen-bond donors (Lipinski definition) is 1. The summed E-state index contributed by atoms with van der Waals surface area (Å²) in [6.45, 7) is 12.3. The maximum absolute atomic E-state index is 6.41. The summed E-state index contributed by atoms with van der Waals surface area (Å²) in [7, 11) is 0. The molecule has 0 amide bonds. The van der Waals surface area contributed by atoms with Crippen molar-refractivity contribution in [1.82, 2.24) is 4.90 Å². The van der Waals surface area contributed by atoms with Crippen LogP contribution in [0.1, 0.15) is 50.8 Å². The zero-order valence-electron chi connectivity index (χ0n) is 18.6. The Morgan fingerprint density at radius 3 is 2.47 bits per heavy atom. The summed E-state index contributed by atoms with van der Waals surface area (Å²) in [5, 5.41) is 0. The van der Waals surface area contributed by atoms with Crippen LogP contribution in [0.25, 0.3) is 0 Å². The second-order valence-electron chi connectivity index (χ2n) is 9.50. The Hall–Kier alpha value is -1.26. The van der Waals surface area contributed by atoms with E-state index in [9.17, 15) is 0 Å². The molecule has 0 aromatic heterocycles. The van der Waals surface area contributed by atoms with Crippen molar-refractivity contribution in [3.63, 3.8) is 0 Å². The van der Waals surface area contributed by atoms with E-state index in [0.29, 0.717) is 12.6 Å². The number of halogens is 2. The number of hydrogen-bond acceptors (Lipinski definition) is 3. The van der Waals surface area contributed by atoms with Gasteiger partial charge >= 0.3 is 0 Å². The second-order valence-corrected chi connectivity index (χ2v) is 9.50. The number of nitrogens with two attached hydrogens (primary N) is 1. The summed E-state index contributed by atoms with van der Waals surface area (Å²) in [4.78, 5) is 2.66. The van der Waals surface area contributed by atoms with Crippen molar-refractivity contribution in [3.8, 4) is 0 Å². The Morgan fingerprint density at radius 2 is 1.77 bits per heavy atom. The van der Waals surface area contributed by atoms with Crippen molar-refractivity contribution in [1.29, 1.82) is 0 Å². The smallest absolute Gasteiger partial charge is 0.0721 e. The van der Waals surface area contributed by atoms with Crippen LogP contribution in [-0.2, 0) is 23.2 Å². The zero-order chi connectivity index (χ0) is 19.9. The minimum atomic E-state index is 0. The van der Waals surface area contributed by atoms with Crippen LogP contribution in [0.3, 0.4) is 0 Å². The van der Waals surface area contributed by atoms with Crippen molar-refractivity contribution >= 4 is 30.5 Å². The van der Waals surface area contributed by atoms with Gasteiger partial charge in [0.05, 0.1) is 12.7 Å². The van der Waals surface area contributed by atoms with Crippen molar-refractivity contribution in [3.05, 3.63) is 65.2 Å². The van der Waals surface area contributed by atoms with Crippen LogP contribution in [0.5, 0.6) is 0 Å². The molecule has 1 saturated heterocycles. The summed E-state index contributed by atoms with van der Waals surface area (Å²) in [6, 6.07) is 17.4. The van der Waals surface area contributed by atoms with E-state index in [1.165, 1.54) is 23.1 Å². The molecule has 0 spiro atoms. The molecular weight excluding hydrogens is 415 g/mol. The Kier molecular flexibility index (Phi) is 7.90. The van der Waals surface area contributed by atoms with Crippen LogP contribution in [0.15, 0.2) is 48.5 Å². The average Bonchev–Trinajstić information content (AvgIpc) is 2.67. The largest absolute Gasteiger partial charge is 0.398 e. The lowest BCUT2D eigenvalue weighted by Gasteiger charge is -2.61. The third kappa shape index (κ3) is 4.23. The van der Waals surface area contributed by atoms with Gasteiger partial charge < -0.3 is 10.5 Å². The molecule has 1 unspecified atom stereocenters. The van der Waals surface area contributed by atoms with Gasteiger partial charge in [-0.25, -0.2) is 0 Å². The molecule has 30 heavy (non-hydrogen) atoms. The Balaban J connectivity index is 0.00000160. The van der Waals surface area contributed by atoms with Gasteiger partial charge in [-0.05, 0) is 54.5 Å². The molecule has 4 rings (SSSR count). The van der Waals surface area contributed by atoms with Crippen LogP contribution in [0, 0.1) is 5.41 Å². The Morgan fingerprint density at radius 1 is 1.07 bits per heavy atom. The fourth-order valence-electron chi connectivity index (χ4n) is 5.49. The quantitative estimate of drug-likeness (QED) is 0.599. The van der Waals surface area contributed by atoms with Crippen LogP contribution >= 0.6 is 24.8 Å². The molecule has 3 nitrogen and oxygen atoms in total. The number of fused-ring (bicyclic) bond motifs is 4. The zero-order valence-corrected chi connectivity index (χ0v) is 20.2. The number of benzene rings is 2. The number of likely N-dealkylation sites (tertiary alicyclic amines) is 1. The minimum Gasteiger partial charge on any atom is -0.398 e. The van der Waals surface area contributed by atoms with Crippen LogP contribution in [-0.4, -0.2) is 30.1 Å². The van der Waals surface area contributed by atoms with Crippen LogP contribution < -0.4 is 5.73 Å². The van der Waals surface area contributed by atoms with Gasteiger partial charge in [0.1, 0.15) is 0 Å². The van der Waals surface area contributed by atoms with Crippen molar-refractivity contribution < 1.29 is 4.74 Å². The van der Waals surface area contributed by atoms with E-state index in [2.05, 4.69) is 75.1 Å². The van der Waals surface area contributed by atoms with Gasteiger partial charge in [-0.2, -0.15) is 0 Å². The van der Waals surface area contributed by atoms with E-state index >= 15 is 0 Å². The highest BCUT2D eigenvalue weighted by atomic mass is 35.5. The van der Waals surface area contributed by atoms with Crippen molar-refractivity contribution in [2.24, 2.45) is 5.41 Å². The van der Waals surface area contributed by atoms with Crippen LogP contribution in [0.2, 0.25) is 0 Å². The van der Waals surface area contributed by atoms with Gasteiger partial charge in [-0.15, -0.1) is 24.8 Å². The predicted octanol–water partition coefficient (Wildman–Crippen LogP) is 5.63. The van der Waals surface area contributed by atoms with Gasteiger partial charge in [0.25, 0.3) is 0 Å². The molecule has 5 heteroatoms. The number of anilines is 1. The van der Waals surface area contributed by atoms with E-state index < -0.39 is 0 Å². The maximum Gasteiger partial charge on any atom is 0.0721 e. The fraction of sp³-hybridized carbons (Fsp3) is 0.520. The van der Waals surface area contributed by atoms with Gasteiger partial charge in [-0.3, -0.25) is 4.90 Å². The lowest BCUT2D eigenvalue weighted by atomic mass is 9.51. The lowest BCUT2D eigenvalue weighted by molar-refractivity contribution is -0.0647. The molecule has 3 atom stereocenters. The van der Waals surface area contributed by atoms with Crippen LogP contribution in [0.4, 0.5) is 5.69 Å². The number of rotatable bonds is 5. The van der Waals surface area contributed by atoms with Gasteiger partial charge in [-0.1, -0.05) is 63.2 Å². The average molecular weight is 451 g/mol. The molecule has 2 bridgehead atoms. The summed E-state index contributed by atoms with van der Waals surface area (Å²) >= 11 is 0. The van der Waals surface area contributed by atoms with Gasteiger partial charge in [0.2, 0.25) is 0 Å². The first kappa shape index (κ1) is 25.0. The molecule has 0 saturated carbocycles. The highest BCUT2D eigenvalue weighted by molar-refractivity contribution is 5.85. The number of nitrogen functional groups attached to an aromatic ring is 1. The van der Waals surface area contributed by atoms with E-state index in [4.69, 9.17) is 10.5 Å². The maximum atomic E-state index is 6.41. The molecule has 166 valence electrons. The first-order chi connectivity index (χ1) is 13.3. The minimum absolute atomic E-state index is 0. The summed E-state index contributed by atoms with van der Waals surface area (Å²) in [6.07, 6.45) is 2.41. The molecule has 2 aliphatic rings. The lowest BCUT2D eigenvalue weighted by Crippen LogP contribution is -2.64. The molecule has 2 aromatic carbocycles. The molecule has 1 aliphatic carbocycles. The fourth-order valence-corrected chi connectivity index (χ4v) is 5.49. The highest BCUT2D eigenvalue weighted by Crippen LogP contribution is 2.56. The summed E-state index contributed by atoms with van der Waals surface area (Å²) in [5.74, 6) is 0. The predicted molar refractivity (Wildman–Crippen MR) is 131 cm³/mol. The SMILES string of the molecule is CC(CN1CC[C@@]2(C)c3cccc(N)c3C[C@@H]1C2(C)C)OCc1ccccc1.Cl.Cl. The molecule has 1 fully saturated rings. The van der Waals surface area contributed by atoms with E-state index in [-0.39, 0.29) is 41.7 Å². The standard InChI is InChI=1S/C25H34N2O.2ClH/c1-18(28-17-19-9-6-5-7-10-19)16-27-14-13-25(4)21-11-8-12-22(26)20(21)15-23(27)24(25,2)3;;/h5-12,18,23H,13-17,26H2,1-4H3;2*1H/t18?,23-,25+;;/m1../s1. The highest BCUT2D eigenvalue weighted by Gasteiger charge is 2.56. The summed E-state index contributed by atoms with van der Waals surface area (Å²) in [5.41, 5.74) is 11.8. The van der Waals surface area contributed by atoms with Gasteiger partial charge in [0.15, 0.2) is 0 Å². The number of ether oxygens (including phenoxy) is 1. The first-order valence-corrected chi connectivity index (χ1v) is 10.6. The molecule has 2 N–H and O–H groups in total. The second kappa shape index (κ2) is 9.48. The molecule has 2 aromatic rings. The van der Waals surface area contributed by atoms with Crippen molar-refractivity contribution in [2.75, 3.05) is 18.8 Å². The first-order valence-electron chi connectivity index (χ1n) is 10.6. The monoisotopic (exact) mass is 450 g/mol. The van der Waals surface area contributed by atoms with E-state index in [1.807, 2.05) is 6.07 Å². The third-order valence-corrected chi connectivity index (χ3v) is 7.67. The van der Waals surface area contributed by atoms with E-state index in [0.717, 1.165) is 25.2 Å². The molecule has 1 aliphatic heterocycles. The normalized spacial score (nSPS) is 25.4.